The molecule has 0 saturated heterocycles. The Balaban J connectivity index is 1.92. The number of hydrazone groups is 1. The Hall–Kier alpha value is -3.36. The van der Waals surface area contributed by atoms with Gasteiger partial charge in [-0.3, -0.25) is 14.3 Å². The van der Waals surface area contributed by atoms with Gasteiger partial charge in [-0.05, 0) is 49.1 Å². The third-order valence-corrected chi connectivity index (χ3v) is 4.51. The van der Waals surface area contributed by atoms with Crippen LogP contribution in [-0.4, -0.2) is 31.9 Å². The van der Waals surface area contributed by atoms with Crippen LogP contribution in [0.15, 0.2) is 39.0 Å². The lowest BCUT2D eigenvalue weighted by molar-refractivity contribution is 0.340. The Bertz CT molecular complexity index is 1120. The Labute approximate surface area is 168 Å². The number of aromatic nitrogens is 4. The van der Waals surface area contributed by atoms with Crippen LogP contribution in [-0.2, 0) is 13.6 Å². The quantitative estimate of drug-likeness (QED) is 0.447. The molecule has 0 fully saturated rings. The third-order valence-electron chi connectivity index (χ3n) is 4.51. The molecule has 3 aromatic rings. The minimum absolute atomic E-state index is 0.321. The molecular formula is C20H26N6O3. The summed E-state index contributed by atoms with van der Waals surface area (Å²) in [5, 5.41) is 4.25. The maximum Gasteiger partial charge on any atom is 0.329 e. The lowest BCUT2D eigenvalue weighted by Crippen LogP contribution is -2.29. The van der Waals surface area contributed by atoms with Crippen molar-refractivity contribution in [3.05, 3.63) is 50.7 Å². The summed E-state index contributed by atoms with van der Waals surface area (Å²) in [6.07, 6.45) is 2.51. The van der Waals surface area contributed by atoms with E-state index in [1.807, 2.05) is 31.2 Å². The van der Waals surface area contributed by atoms with Gasteiger partial charge in [0.1, 0.15) is 5.75 Å². The van der Waals surface area contributed by atoms with Gasteiger partial charge in [-0.15, -0.1) is 0 Å². The summed E-state index contributed by atoms with van der Waals surface area (Å²) in [6, 6.07) is 7.54. The maximum atomic E-state index is 12.4. The number of hydrogen-bond donors (Lipinski definition) is 2. The molecule has 9 heteroatoms. The number of nitrogens with zero attached hydrogens (tertiary/aromatic N) is 4. The van der Waals surface area contributed by atoms with E-state index in [9.17, 15) is 9.59 Å². The van der Waals surface area contributed by atoms with E-state index in [0.717, 1.165) is 17.7 Å². The molecular weight excluding hydrogens is 372 g/mol. The van der Waals surface area contributed by atoms with Gasteiger partial charge in [-0.1, -0.05) is 13.8 Å². The number of benzene rings is 1. The van der Waals surface area contributed by atoms with Crippen molar-refractivity contribution >= 4 is 23.3 Å². The Morgan fingerprint density at radius 2 is 2.00 bits per heavy atom. The molecule has 0 unspecified atom stereocenters. The summed E-state index contributed by atoms with van der Waals surface area (Å²) in [5.74, 6) is 1.65. The van der Waals surface area contributed by atoms with Gasteiger partial charge in [-0.2, -0.15) is 10.1 Å². The Morgan fingerprint density at radius 3 is 2.66 bits per heavy atom. The van der Waals surface area contributed by atoms with Gasteiger partial charge in [0.2, 0.25) is 5.95 Å². The first kappa shape index (κ1) is 20.4. The van der Waals surface area contributed by atoms with Gasteiger partial charge in [-0.25, -0.2) is 10.2 Å². The summed E-state index contributed by atoms with van der Waals surface area (Å²) < 4.78 is 8.52. The van der Waals surface area contributed by atoms with Crippen LogP contribution < -0.4 is 21.4 Å². The van der Waals surface area contributed by atoms with E-state index in [0.29, 0.717) is 36.2 Å². The molecule has 0 saturated carbocycles. The first-order chi connectivity index (χ1) is 13.9. The number of imidazole rings is 1. The summed E-state index contributed by atoms with van der Waals surface area (Å²) >= 11 is 0. The van der Waals surface area contributed by atoms with Crippen LogP contribution in [0.2, 0.25) is 0 Å². The molecule has 9 nitrogen and oxygen atoms in total. The molecule has 2 heterocycles. The molecule has 3 rings (SSSR count). The van der Waals surface area contributed by atoms with E-state index < -0.39 is 11.2 Å². The van der Waals surface area contributed by atoms with Crippen molar-refractivity contribution in [1.29, 1.82) is 0 Å². The van der Waals surface area contributed by atoms with Gasteiger partial charge in [0.25, 0.3) is 5.56 Å². The molecule has 1 aromatic carbocycles. The summed E-state index contributed by atoms with van der Waals surface area (Å²) in [6.45, 7) is 7.34. The molecule has 0 aliphatic rings. The van der Waals surface area contributed by atoms with Crippen LogP contribution in [0.4, 0.5) is 5.95 Å². The lowest BCUT2D eigenvalue weighted by atomic mass is 10.1. The van der Waals surface area contributed by atoms with Crippen molar-refractivity contribution in [2.45, 2.75) is 33.7 Å². The highest BCUT2D eigenvalue weighted by molar-refractivity contribution is 5.80. The molecule has 0 aliphatic heterocycles. The maximum absolute atomic E-state index is 12.4. The second kappa shape index (κ2) is 8.76. The van der Waals surface area contributed by atoms with Gasteiger partial charge < -0.3 is 9.30 Å². The minimum atomic E-state index is -0.500. The first-order valence-corrected chi connectivity index (χ1v) is 9.62. The number of ether oxygens (including phenoxy) is 1. The van der Waals surface area contributed by atoms with E-state index >= 15 is 0 Å². The van der Waals surface area contributed by atoms with E-state index in [1.165, 1.54) is 4.57 Å². The van der Waals surface area contributed by atoms with E-state index in [-0.39, 0.29) is 0 Å². The predicted molar refractivity (Wildman–Crippen MR) is 114 cm³/mol. The normalized spacial score (nSPS) is 11.6. The van der Waals surface area contributed by atoms with Crippen molar-refractivity contribution in [3.8, 4) is 5.75 Å². The highest BCUT2D eigenvalue weighted by Gasteiger charge is 2.17. The average molecular weight is 398 g/mol. The first-order valence-electron chi connectivity index (χ1n) is 9.62. The molecule has 0 amide bonds. The van der Waals surface area contributed by atoms with Gasteiger partial charge in [0, 0.05) is 13.6 Å². The third kappa shape index (κ3) is 4.56. The zero-order valence-electron chi connectivity index (χ0n) is 17.1. The van der Waals surface area contributed by atoms with E-state index in [4.69, 9.17) is 4.74 Å². The molecule has 2 aromatic heterocycles. The molecule has 0 bridgehead atoms. The van der Waals surface area contributed by atoms with Crippen LogP contribution in [0.3, 0.4) is 0 Å². The molecule has 0 radical (unpaired) electrons. The van der Waals surface area contributed by atoms with Crippen molar-refractivity contribution in [2.24, 2.45) is 18.1 Å². The van der Waals surface area contributed by atoms with Gasteiger partial charge >= 0.3 is 5.69 Å². The van der Waals surface area contributed by atoms with Crippen LogP contribution in [0, 0.1) is 5.92 Å². The zero-order valence-corrected chi connectivity index (χ0v) is 17.1. The largest absolute Gasteiger partial charge is 0.494 e. The fourth-order valence-electron chi connectivity index (χ4n) is 2.91. The van der Waals surface area contributed by atoms with Crippen molar-refractivity contribution in [3.63, 3.8) is 0 Å². The second-order valence-electron chi connectivity index (χ2n) is 7.13. The predicted octanol–water partition coefficient (Wildman–Crippen LogP) is 2.31. The fraction of sp³-hybridized carbons (Fsp3) is 0.400. The molecule has 2 N–H and O–H groups in total. The summed E-state index contributed by atoms with van der Waals surface area (Å²) in [7, 11) is 1.58. The smallest absolute Gasteiger partial charge is 0.329 e. The number of H-pyrrole nitrogens is 1. The molecule has 0 spiro atoms. The Kier molecular flexibility index (Phi) is 6.16. The van der Waals surface area contributed by atoms with Crippen molar-refractivity contribution in [1.82, 2.24) is 19.1 Å². The van der Waals surface area contributed by atoms with Gasteiger partial charge in [0.05, 0.1) is 12.8 Å². The SMILES string of the molecule is CCOc1ccc(/C=N\Nc2nc3c(c(=O)[nH]c(=O)n3C)n2CCC(C)C)cc1. The van der Waals surface area contributed by atoms with Crippen molar-refractivity contribution in [2.75, 3.05) is 12.0 Å². The lowest BCUT2D eigenvalue weighted by Gasteiger charge is -2.09. The average Bonchev–Trinajstić information content (AvgIpc) is 3.05. The number of aryl methyl sites for hydroxylation is 2. The standard InChI is InChI=1S/C20H26N6O3/c1-5-29-15-8-6-14(7-9-15)12-21-24-19-22-17-16(26(19)11-10-13(2)3)18(27)23-20(28)25(17)4/h6-9,12-13H,5,10-11H2,1-4H3,(H,22,24)(H,23,27,28)/b21-12-. The fourth-order valence-corrected chi connectivity index (χ4v) is 2.91. The summed E-state index contributed by atoms with van der Waals surface area (Å²) in [5.41, 5.74) is 3.51. The number of nitrogens with one attached hydrogen (secondary N) is 2. The van der Waals surface area contributed by atoms with Crippen LogP contribution in [0.1, 0.15) is 32.8 Å². The van der Waals surface area contributed by atoms with Crippen molar-refractivity contribution < 1.29 is 4.74 Å². The number of hydrogen-bond acceptors (Lipinski definition) is 6. The zero-order chi connectivity index (χ0) is 21.0. The minimum Gasteiger partial charge on any atom is -0.494 e. The number of fused-ring (bicyclic) bond motifs is 1. The van der Waals surface area contributed by atoms with E-state index in [1.54, 1.807) is 17.8 Å². The van der Waals surface area contributed by atoms with E-state index in [2.05, 4.69) is 34.3 Å². The monoisotopic (exact) mass is 398 g/mol. The number of rotatable bonds is 8. The molecule has 0 atom stereocenters. The molecule has 0 aliphatic carbocycles. The molecule has 154 valence electrons. The number of anilines is 1. The topological polar surface area (TPSA) is 106 Å². The highest BCUT2D eigenvalue weighted by Crippen LogP contribution is 2.17. The Morgan fingerprint density at radius 1 is 1.28 bits per heavy atom. The second-order valence-corrected chi connectivity index (χ2v) is 7.13. The molecule has 29 heavy (non-hydrogen) atoms. The van der Waals surface area contributed by atoms with Gasteiger partial charge in [0.15, 0.2) is 11.2 Å². The number of aromatic amines is 1. The van der Waals surface area contributed by atoms with Crippen LogP contribution >= 0.6 is 0 Å². The highest BCUT2D eigenvalue weighted by atomic mass is 16.5. The summed E-state index contributed by atoms with van der Waals surface area (Å²) in [4.78, 5) is 31.1. The van der Waals surface area contributed by atoms with Crippen LogP contribution in [0.5, 0.6) is 5.75 Å². The van der Waals surface area contributed by atoms with Crippen LogP contribution in [0.25, 0.3) is 11.2 Å².